The summed E-state index contributed by atoms with van der Waals surface area (Å²) in [5.41, 5.74) is 0. The predicted octanol–water partition coefficient (Wildman–Crippen LogP) is 1.22. The summed E-state index contributed by atoms with van der Waals surface area (Å²) in [6.45, 7) is 4.65. The maximum absolute atomic E-state index is 3.44. The number of hydrogen-bond acceptors (Lipinski definition) is 2. The molecule has 2 saturated heterocycles. The van der Waals surface area contributed by atoms with Crippen LogP contribution in [-0.4, -0.2) is 36.1 Å². The van der Waals surface area contributed by atoms with Gasteiger partial charge in [-0.05, 0) is 40.2 Å². The molecule has 0 saturated carbocycles. The van der Waals surface area contributed by atoms with Crippen molar-refractivity contribution >= 4 is 0 Å². The van der Waals surface area contributed by atoms with Gasteiger partial charge in [0.1, 0.15) is 0 Å². The SMILES string of the molecule is CN[C@H]1C[C@H]2CCC1N2C(C)C. The van der Waals surface area contributed by atoms with Gasteiger partial charge in [0.05, 0.1) is 0 Å². The van der Waals surface area contributed by atoms with E-state index in [0.717, 1.165) is 24.2 Å². The van der Waals surface area contributed by atoms with Crippen LogP contribution in [0.5, 0.6) is 0 Å². The molecule has 1 unspecified atom stereocenters. The quantitative estimate of drug-likeness (QED) is 0.667. The lowest BCUT2D eigenvalue weighted by atomic mass is 9.96. The van der Waals surface area contributed by atoms with Gasteiger partial charge in [0.15, 0.2) is 0 Å². The van der Waals surface area contributed by atoms with Crippen LogP contribution < -0.4 is 5.32 Å². The summed E-state index contributed by atoms with van der Waals surface area (Å²) in [6, 6.07) is 3.22. The van der Waals surface area contributed by atoms with Crippen molar-refractivity contribution in [2.45, 2.75) is 57.3 Å². The van der Waals surface area contributed by atoms with E-state index in [1.165, 1.54) is 19.3 Å². The minimum Gasteiger partial charge on any atom is -0.315 e. The van der Waals surface area contributed by atoms with Crippen LogP contribution >= 0.6 is 0 Å². The maximum Gasteiger partial charge on any atom is 0.0256 e. The van der Waals surface area contributed by atoms with Crippen LogP contribution in [0.2, 0.25) is 0 Å². The number of fused-ring (bicyclic) bond motifs is 2. The van der Waals surface area contributed by atoms with Gasteiger partial charge in [-0.1, -0.05) is 0 Å². The van der Waals surface area contributed by atoms with E-state index in [-0.39, 0.29) is 0 Å². The summed E-state index contributed by atoms with van der Waals surface area (Å²) in [6.07, 6.45) is 4.22. The third-order valence-electron chi connectivity index (χ3n) is 3.56. The zero-order valence-electron chi connectivity index (χ0n) is 8.38. The molecule has 12 heavy (non-hydrogen) atoms. The number of likely N-dealkylation sites (N-methyl/N-ethyl adjacent to an activating group) is 1. The van der Waals surface area contributed by atoms with E-state index in [9.17, 15) is 0 Å². The third kappa shape index (κ3) is 1.09. The van der Waals surface area contributed by atoms with E-state index >= 15 is 0 Å². The normalized spacial score (nSPS) is 41.5. The van der Waals surface area contributed by atoms with Gasteiger partial charge >= 0.3 is 0 Å². The molecule has 2 aliphatic rings. The first-order chi connectivity index (χ1) is 5.74. The highest BCUT2D eigenvalue weighted by atomic mass is 15.3. The summed E-state index contributed by atoms with van der Waals surface area (Å²) in [7, 11) is 2.10. The van der Waals surface area contributed by atoms with Gasteiger partial charge in [-0.3, -0.25) is 4.90 Å². The van der Waals surface area contributed by atoms with Crippen molar-refractivity contribution in [2.24, 2.45) is 0 Å². The Morgan fingerprint density at radius 2 is 2.08 bits per heavy atom. The van der Waals surface area contributed by atoms with Crippen molar-refractivity contribution in [3.05, 3.63) is 0 Å². The van der Waals surface area contributed by atoms with E-state index in [2.05, 4.69) is 31.1 Å². The van der Waals surface area contributed by atoms with Crippen molar-refractivity contribution in [1.82, 2.24) is 10.2 Å². The number of rotatable bonds is 2. The molecule has 2 heterocycles. The van der Waals surface area contributed by atoms with Crippen LogP contribution in [0.15, 0.2) is 0 Å². The molecule has 2 aliphatic heterocycles. The Balaban J connectivity index is 2.09. The lowest BCUT2D eigenvalue weighted by Gasteiger charge is -2.27. The third-order valence-corrected chi connectivity index (χ3v) is 3.56. The molecular weight excluding hydrogens is 148 g/mol. The molecule has 2 bridgehead atoms. The average Bonchev–Trinajstić information content (AvgIpc) is 2.59. The summed E-state index contributed by atoms with van der Waals surface area (Å²) in [5.74, 6) is 0. The maximum atomic E-state index is 3.44. The second-order valence-corrected chi connectivity index (χ2v) is 4.47. The zero-order valence-corrected chi connectivity index (χ0v) is 8.38. The first-order valence-corrected chi connectivity index (χ1v) is 5.18. The van der Waals surface area contributed by atoms with Gasteiger partial charge < -0.3 is 5.32 Å². The number of nitrogens with zero attached hydrogens (tertiary/aromatic N) is 1. The van der Waals surface area contributed by atoms with Gasteiger partial charge in [-0.25, -0.2) is 0 Å². The van der Waals surface area contributed by atoms with Crippen LogP contribution in [-0.2, 0) is 0 Å². The monoisotopic (exact) mass is 168 g/mol. The molecule has 70 valence electrons. The molecule has 0 spiro atoms. The molecule has 0 aliphatic carbocycles. The highest BCUT2D eigenvalue weighted by Gasteiger charge is 2.46. The molecule has 2 rings (SSSR count). The Labute approximate surface area is 75.3 Å². The highest BCUT2D eigenvalue weighted by molar-refractivity contribution is 5.04. The molecule has 0 aromatic rings. The van der Waals surface area contributed by atoms with Crippen molar-refractivity contribution in [3.63, 3.8) is 0 Å². The molecule has 0 aromatic carbocycles. The minimum atomic E-state index is 0.737. The highest BCUT2D eigenvalue weighted by Crippen LogP contribution is 2.38. The first kappa shape index (κ1) is 8.52. The van der Waals surface area contributed by atoms with Gasteiger partial charge in [0.2, 0.25) is 0 Å². The Morgan fingerprint density at radius 1 is 1.33 bits per heavy atom. The fourth-order valence-corrected chi connectivity index (χ4v) is 3.15. The summed E-state index contributed by atoms with van der Waals surface area (Å²) in [4.78, 5) is 2.71. The molecule has 1 N–H and O–H groups in total. The number of hydrogen-bond donors (Lipinski definition) is 1. The molecule has 0 aromatic heterocycles. The second kappa shape index (κ2) is 3.00. The van der Waals surface area contributed by atoms with Gasteiger partial charge in [-0.15, -0.1) is 0 Å². The summed E-state index contributed by atoms with van der Waals surface area (Å²) >= 11 is 0. The largest absolute Gasteiger partial charge is 0.315 e. The summed E-state index contributed by atoms with van der Waals surface area (Å²) < 4.78 is 0. The molecular formula is C10H20N2. The van der Waals surface area contributed by atoms with E-state index in [1.54, 1.807) is 0 Å². The van der Waals surface area contributed by atoms with E-state index in [0.29, 0.717) is 0 Å². The van der Waals surface area contributed by atoms with Gasteiger partial charge in [0.25, 0.3) is 0 Å². The predicted molar refractivity (Wildman–Crippen MR) is 51.2 cm³/mol. The van der Waals surface area contributed by atoms with Crippen LogP contribution in [0.3, 0.4) is 0 Å². The van der Waals surface area contributed by atoms with Crippen LogP contribution in [0, 0.1) is 0 Å². The minimum absolute atomic E-state index is 0.737. The number of nitrogens with one attached hydrogen (secondary N) is 1. The molecule has 0 amide bonds. The Bertz CT molecular complexity index is 167. The standard InChI is InChI=1S/C10H20N2/c1-7(2)12-8-4-5-10(12)9(6-8)11-3/h7-11H,4-6H2,1-3H3/t8-,9+,10?/m1/s1. The first-order valence-electron chi connectivity index (χ1n) is 5.18. The van der Waals surface area contributed by atoms with Gasteiger partial charge in [-0.2, -0.15) is 0 Å². The van der Waals surface area contributed by atoms with Crippen LogP contribution in [0.25, 0.3) is 0 Å². The molecule has 2 fully saturated rings. The van der Waals surface area contributed by atoms with E-state index in [1.807, 2.05) is 0 Å². The fraction of sp³-hybridized carbons (Fsp3) is 1.00. The fourth-order valence-electron chi connectivity index (χ4n) is 3.15. The topological polar surface area (TPSA) is 15.3 Å². The van der Waals surface area contributed by atoms with Crippen LogP contribution in [0.4, 0.5) is 0 Å². The Kier molecular flexibility index (Phi) is 2.13. The van der Waals surface area contributed by atoms with Crippen molar-refractivity contribution in [2.75, 3.05) is 7.05 Å². The molecule has 2 nitrogen and oxygen atoms in total. The summed E-state index contributed by atoms with van der Waals surface area (Å²) in [5, 5.41) is 3.44. The Hall–Kier alpha value is -0.0800. The smallest absolute Gasteiger partial charge is 0.0256 e. The zero-order chi connectivity index (χ0) is 8.72. The van der Waals surface area contributed by atoms with Gasteiger partial charge in [0, 0.05) is 24.2 Å². The van der Waals surface area contributed by atoms with Crippen LogP contribution in [0.1, 0.15) is 33.1 Å². The average molecular weight is 168 g/mol. The second-order valence-electron chi connectivity index (χ2n) is 4.47. The van der Waals surface area contributed by atoms with Crippen molar-refractivity contribution < 1.29 is 0 Å². The van der Waals surface area contributed by atoms with E-state index in [4.69, 9.17) is 0 Å². The van der Waals surface area contributed by atoms with Crippen molar-refractivity contribution in [1.29, 1.82) is 0 Å². The molecule has 2 heteroatoms. The lowest BCUT2D eigenvalue weighted by molar-refractivity contribution is 0.194. The lowest BCUT2D eigenvalue weighted by Crippen LogP contribution is -2.41. The van der Waals surface area contributed by atoms with Crippen molar-refractivity contribution in [3.8, 4) is 0 Å². The molecule has 3 atom stereocenters. The Morgan fingerprint density at radius 3 is 2.50 bits per heavy atom. The van der Waals surface area contributed by atoms with E-state index < -0.39 is 0 Å². The molecule has 0 radical (unpaired) electrons.